The van der Waals surface area contributed by atoms with Crippen LogP contribution in [0, 0.1) is 0 Å². The number of halogens is 3. The van der Waals surface area contributed by atoms with Crippen LogP contribution >= 0.6 is 0 Å². The molecule has 0 saturated heterocycles. The molecule has 0 radical (unpaired) electrons. The molecule has 108 valence electrons. The molecule has 1 aromatic carbocycles. The minimum atomic E-state index is -4.64. The number of nitrogens with one attached hydrogen (secondary N) is 1. The van der Waals surface area contributed by atoms with Crippen LogP contribution in [-0.2, 0) is 6.54 Å². The van der Waals surface area contributed by atoms with E-state index in [1.54, 1.807) is 12.1 Å². The van der Waals surface area contributed by atoms with Crippen LogP contribution in [0.15, 0.2) is 24.3 Å². The van der Waals surface area contributed by atoms with Crippen molar-refractivity contribution >= 4 is 0 Å². The van der Waals surface area contributed by atoms with Crippen LogP contribution in [0.5, 0.6) is 5.75 Å². The number of likely N-dealkylation sites (N-methyl/N-ethyl adjacent to an activating group) is 1. The number of ether oxygens (including phenoxy) is 1. The normalized spacial score (nSPS) is 11.9. The van der Waals surface area contributed by atoms with E-state index in [-0.39, 0.29) is 5.75 Å². The summed E-state index contributed by atoms with van der Waals surface area (Å²) in [4.78, 5) is 2.15. The summed E-state index contributed by atoms with van der Waals surface area (Å²) in [6.07, 6.45) is -4.64. The Morgan fingerprint density at radius 3 is 2.68 bits per heavy atom. The lowest BCUT2D eigenvalue weighted by molar-refractivity contribution is -0.274. The molecule has 0 aliphatic rings. The fourth-order valence-corrected chi connectivity index (χ4v) is 1.51. The van der Waals surface area contributed by atoms with Crippen molar-refractivity contribution in [3.63, 3.8) is 0 Å². The first-order valence-corrected chi connectivity index (χ1v) is 6.14. The second kappa shape index (κ2) is 7.35. The Labute approximate surface area is 111 Å². The number of alkyl halides is 3. The quantitative estimate of drug-likeness (QED) is 0.775. The van der Waals surface area contributed by atoms with Gasteiger partial charge in [-0.25, -0.2) is 0 Å². The largest absolute Gasteiger partial charge is 0.573 e. The van der Waals surface area contributed by atoms with Crippen molar-refractivity contribution in [1.82, 2.24) is 10.2 Å². The first kappa shape index (κ1) is 15.8. The summed E-state index contributed by atoms with van der Waals surface area (Å²) >= 11 is 0. The molecule has 0 amide bonds. The predicted octanol–water partition coefficient (Wildman–Crippen LogP) is 2.63. The van der Waals surface area contributed by atoms with E-state index in [1.165, 1.54) is 12.1 Å². The van der Waals surface area contributed by atoms with Crippen molar-refractivity contribution in [2.45, 2.75) is 19.8 Å². The molecule has 3 nitrogen and oxygen atoms in total. The van der Waals surface area contributed by atoms with E-state index in [1.807, 2.05) is 7.05 Å². The Balaban J connectivity index is 2.40. The van der Waals surface area contributed by atoms with Gasteiger partial charge in [-0.1, -0.05) is 19.1 Å². The molecule has 0 atom stereocenters. The monoisotopic (exact) mass is 276 g/mol. The van der Waals surface area contributed by atoms with E-state index >= 15 is 0 Å². The van der Waals surface area contributed by atoms with Crippen LogP contribution in [-0.4, -0.2) is 37.9 Å². The van der Waals surface area contributed by atoms with Gasteiger partial charge in [0.15, 0.2) is 0 Å². The van der Waals surface area contributed by atoms with Gasteiger partial charge in [0, 0.05) is 19.6 Å². The third-order valence-electron chi connectivity index (χ3n) is 2.67. The molecule has 1 rings (SSSR count). The fraction of sp³-hybridized carbons (Fsp3) is 0.538. The standard InChI is InChI=1S/C13H19F3N2O/c1-3-18(2)8-7-17-10-11-5-4-6-12(9-11)19-13(14,15)16/h4-6,9,17H,3,7-8,10H2,1-2H3. The molecular weight excluding hydrogens is 257 g/mol. The van der Waals surface area contributed by atoms with Crippen molar-refractivity contribution in [1.29, 1.82) is 0 Å². The predicted molar refractivity (Wildman–Crippen MR) is 68.0 cm³/mol. The summed E-state index contributed by atoms with van der Waals surface area (Å²) < 4.78 is 40.1. The third kappa shape index (κ3) is 7.03. The third-order valence-corrected chi connectivity index (χ3v) is 2.67. The van der Waals surface area contributed by atoms with Gasteiger partial charge >= 0.3 is 6.36 Å². The second-order valence-corrected chi connectivity index (χ2v) is 4.27. The van der Waals surface area contributed by atoms with Gasteiger partial charge in [-0.05, 0) is 31.3 Å². The maximum Gasteiger partial charge on any atom is 0.573 e. The highest BCUT2D eigenvalue weighted by Gasteiger charge is 2.31. The first-order valence-electron chi connectivity index (χ1n) is 6.14. The molecule has 0 bridgehead atoms. The molecule has 0 fully saturated rings. The van der Waals surface area contributed by atoms with Gasteiger partial charge in [-0.15, -0.1) is 13.2 Å². The van der Waals surface area contributed by atoms with E-state index in [9.17, 15) is 13.2 Å². The van der Waals surface area contributed by atoms with Crippen molar-refractivity contribution in [3.8, 4) is 5.75 Å². The zero-order chi connectivity index (χ0) is 14.3. The van der Waals surface area contributed by atoms with E-state index in [0.717, 1.165) is 25.2 Å². The summed E-state index contributed by atoms with van der Waals surface area (Å²) in [5.74, 6) is -0.183. The molecule has 0 aromatic heterocycles. The molecule has 1 N–H and O–H groups in total. The molecule has 0 saturated carbocycles. The molecule has 0 aliphatic carbocycles. The first-order chi connectivity index (χ1) is 8.90. The number of nitrogens with zero attached hydrogens (tertiary/aromatic N) is 1. The Hall–Kier alpha value is -1.27. The van der Waals surface area contributed by atoms with Crippen LogP contribution in [0.25, 0.3) is 0 Å². The van der Waals surface area contributed by atoms with Gasteiger partial charge in [0.25, 0.3) is 0 Å². The highest BCUT2D eigenvalue weighted by atomic mass is 19.4. The van der Waals surface area contributed by atoms with E-state index in [4.69, 9.17) is 0 Å². The highest BCUT2D eigenvalue weighted by Crippen LogP contribution is 2.23. The summed E-state index contributed by atoms with van der Waals surface area (Å²) in [7, 11) is 2.01. The average Bonchev–Trinajstić information content (AvgIpc) is 2.32. The Kier molecular flexibility index (Phi) is 6.11. The van der Waals surface area contributed by atoms with Gasteiger partial charge in [0.05, 0.1) is 0 Å². The van der Waals surface area contributed by atoms with E-state index < -0.39 is 6.36 Å². The number of hydrogen-bond donors (Lipinski definition) is 1. The zero-order valence-corrected chi connectivity index (χ0v) is 11.1. The number of benzene rings is 1. The number of hydrogen-bond acceptors (Lipinski definition) is 3. The molecule has 0 aliphatic heterocycles. The van der Waals surface area contributed by atoms with Crippen LogP contribution in [0.3, 0.4) is 0 Å². The molecular formula is C13H19F3N2O. The van der Waals surface area contributed by atoms with Crippen molar-refractivity contribution in [2.24, 2.45) is 0 Å². The smallest absolute Gasteiger partial charge is 0.406 e. The SMILES string of the molecule is CCN(C)CCNCc1cccc(OC(F)(F)F)c1. The van der Waals surface area contributed by atoms with Crippen molar-refractivity contribution < 1.29 is 17.9 Å². The number of rotatable bonds is 7. The Morgan fingerprint density at radius 2 is 2.05 bits per heavy atom. The van der Waals surface area contributed by atoms with Gasteiger partial charge in [-0.2, -0.15) is 0 Å². The van der Waals surface area contributed by atoms with E-state index in [2.05, 4.69) is 21.9 Å². The van der Waals surface area contributed by atoms with Gasteiger partial charge in [0.2, 0.25) is 0 Å². The van der Waals surface area contributed by atoms with Crippen LogP contribution < -0.4 is 10.1 Å². The molecule has 6 heteroatoms. The zero-order valence-electron chi connectivity index (χ0n) is 11.1. The van der Waals surface area contributed by atoms with Crippen LogP contribution in [0.4, 0.5) is 13.2 Å². The average molecular weight is 276 g/mol. The Bertz CT molecular complexity index is 382. The van der Waals surface area contributed by atoms with Gasteiger partial charge in [0.1, 0.15) is 5.75 Å². The van der Waals surface area contributed by atoms with Gasteiger partial charge in [-0.3, -0.25) is 0 Å². The van der Waals surface area contributed by atoms with Crippen LogP contribution in [0.2, 0.25) is 0 Å². The molecule has 0 unspecified atom stereocenters. The topological polar surface area (TPSA) is 24.5 Å². The second-order valence-electron chi connectivity index (χ2n) is 4.27. The lowest BCUT2D eigenvalue weighted by atomic mass is 10.2. The molecule has 0 heterocycles. The Morgan fingerprint density at radius 1 is 1.32 bits per heavy atom. The molecule has 19 heavy (non-hydrogen) atoms. The van der Waals surface area contributed by atoms with Gasteiger partial charge < -0.3 is 15.0 Å². The maximum absolute atomic E-state index is 12.1. The highest BCUT2D eigenvalue weighted by molar-refractivity contribution is 5.28. The minimum Gasteiger partial charge on any atom is -0.406 e. The minimum absolute atomic E-state index is 0.183. The lowest BCUT2D eigenvalue weighted by Gasteiger charge is -2.14. The molecule has 0 spiro atoms. The maximum atomic E-state index is 12.1. The fourth-order valence-electron chi connectivity index (χ4n) is 1.51. The summed E-state index contributed by atoms with van der Waals surface area (Å²) in [6, 6.07) is 6.00. The summed E-state index contributed by atoms with van der Waals surface area (Å²) in [6.45, 7) is 5.24. The van der Waals surface area contributed by atoms with Crippen molar-refractivity contribution in [2.75, 3.05) is 26.7 Å². The lowest BCUT2D eigenvalue weighted by Crippen LogP contribution is -2.28. The van der Waals surface area contributed by atoms with Crippen molar-refractivity contribution in [3.05, 3.63) is 29.8 Å². The van der Waals surface area contributed by atoms with Crippen LogP contribution in [0.1, 0.15) is 12.5 Å². The van der Waals surface area contributed by atoms with E-state index in [0.29, 0.717) is 6.54 Å². The molecule has 1 aromatic rings. The summed E-state index contributed by atoms with van der Waals surface area (Å²) in [5.41, 5.74) is 0.765. The summed E-state index contributed by atoms with van der Waals surface area (Å²) in [5, 5.41) is 3.18.